The van der Waals surface area contributed by atoms with Crippen molar-refractivity contribution in [3.8, 4) is 5.75 Å². The highest BCUT2D eigenvalue weighted by Gasteiger charge is 2.44. The van der Waals surface area contributed by atoms with Gasteiger partial charge in [0.25, 0.3) is 0 Å². The Kier molecular flexibility index (Phi) is 5.05. The number of carboxylic acid groups (broad SMARTS) is 2. The summed E-state index contributed by atoms with van der Waals surface area (Å²) in [7, 11) is 0. The van der Waals surface area contributed by atoms with Crippen LogP contribution in [-0.4, -0.2) is 33.7 Å². The average Bonchev–Trinajstić information content (AvgIpc) is 2.53. The zero-order chi connectivity index (χ0) is 17.0. The molecule has 0 bridgehead atoms. The van der Waals surface area contributed by atoms with Crippen LogP contribution in [0.25, 0.3) is 10.9 Å². The highest BCUT2D eigenvalue weighted by atomic mass is 35.5. The van der Waals surface area contributed by atoms with E-state index in [0.717, 1.165) is 0 Å². The van der Waals surface area contributed by atoms with E-state index in [1.807, 2.05) is 0 Å². The molecule has 7 heteroatoms. The lowest BCUT2D eigenvalue weighted by Gasteiger charge is -2.23. The first kappa shape index (κ1) is 17.0. The Morgan fingerprint density at radius 1 is 1.26 bits per heavy atom. The van der Waals surface area contributed by atoms with Gasteiger partial charge in [-0.15, -0.1) is 0 Å². The predicted octanol–water partition coefficient (Wildman–Crippen LogP) is 3.22. The number of aromatic nitrogens is 1. The van der Waals surface area contributed by atoms with Gasteiger partial charge >= 0.3 is 11.9 Å². The number of nitrogens with zero attached hydrogens (tertiary/aromatic N) is 1. The third kappa shape index (κ3) is 3.22. The standard InChI is InChI=1S/C16H16ClNO5/c1-2-16(14(19)20,15(21)22)7-9-23-12-6-5-11(17)10-4-3-8-18-13(10)12/h3-6,8H,2,7,9H2,1H3,(H,19,20)(H,21,22). The van der Waals surface area contributed by atoms with Crippen molar-refractivity contribution in [2.75, 3.05) is 6.61 Å². The summed E-state index contributed by atoms with van der Waals surface area (Å²) in [6.45, 7) is 1.47. The minimum atomic E-state index is -1.85. The summed E-state index contributed by atoms with van der Waals surface area (Å²) in [5.41, 5.74) is -1.30. The summed E-state index contributed by atoms with van der Waals surface area (Å²) in [6.07, 6.45) is 1.42. The van der Waals surface area contributed by atoms with Crippen LogP contribution in [0.5, 0.6) is 5.75 Å². The van der Waals surface area contributed by atoms with E-state index in [-0.39, 0.29) is 19.4 Å². The zero-order valence-electron chi connectivity index (χ0n) is 12.5. The van der Waals surface area contributed by atoms with Gasteiger partial charge in [0.2, 0.25) is 0 Å². The number of halogens is 1. The molecule has 0 aliphatic heterocycles. The van der Waals surface area contributed by atoms with Gasteiger partial charge < -0.3 is 14.9 Å². The maximum atomic E-state index is 11.3. The molecule has 0 spiro atoms. The second-order valence-corrected chi connectivity index (χ2v) is 5.50. The maximum absolute atomic E-state index is 11.3. The van der Waals surface area contributed by atoms with Gasteiger partial charge in [-0.3, -0.25) is 14.6 Å². The lowest BCUT2D eigenvalue weighted by molar-refractivity contribution is -0.166. The van der Waals surface area contributed by atoms with Crippen LogP contribution in [-0.2, 0) is 9.59 Å². The smallest absolute Gasteiger partial charge is 0.321 e. The lowest BCUT2D eigenvalue weighted by Crippen LogP contribution is -2.40. The molecule has 6 nitrogen and oxygen atoms in total. The molecular formula is C16H16ClNO5. The van der Waals surface area contributed by atoms with Gasteiger partial charge in [-0.2, -0.15) is 0 Å². The van der Waals surface area contributed by atoms with Gasteiger partial charge in [-0.1, -0.05) is 18.5 Å². The van der Waals surface area contributed by atoms with E-state index in [1.54, 1.807) is 30.5 Å². The van der Waals surface area contributed by atoms with Crippen LogP contribution in [0.3, 0.4) is 0 Å². The normalized spacial score (nSPS) is 11.4. The van der Waals surface area contributed by atoms with Gasteiger partial charge in [0.1, 0.15) is 11.3 Å². The molecule has 0 saturated heterocycles. The summed E-state index contributed by atoms with van der Waals surface area (Å²) >= 11 is 6.09. The molecule has 122 valence electrons. The summed E-state index contributed by atoms with van der Waals surface area (Å²) < 4.78 is 5.58. The number of carboxylic acids is 2. The van der Waals surface area contributed by atoms with Gasteiger partial charge in [-0.25, -0.2) is 0 Å². The van der Waals surface area contributed by atoms with Crippen molar-refractivity contribution < 1.29 is 24.5 Å². The summed E-state index contributed by atoms with van der Waals surface area (Å²) in [5, 5.41) is 19.7. The number of carbonyl (C=O) groups is 2. The largest absolute Gasteiger partial charge is 0.491 e. The molecule has 1 aromatic carbocycles. The van der Waals surface area contributed by atoms with Crippen molar-refractivity contribution in [2.24, 2.45) is 5.41 Å². The van der Waals surface area contributed by atoms with Crippen LogP contribution in [0.15, 0.2) is 30.5 Å². The molecule has 23 heavy (non-hydrogen) atoms. The second kappa shape index (κ2) is 6.83. The lowest BCUT2D eigenvalue weighted by atomic mass is 9.82. The third-order valence-electron chi connectivity index (χ3n) is 3.89. The number of fused-ring (bicyclic) bond motifs is 1. The van der Waals surface area contributed by atoms with E-state index in [4.69, 9.17) is 16.3 Å². The Morgan fingerprint density at radius 3 is 2.57 bits per heavy atom. The minimum Gasteiger partial charge on any atom is -0.491 e. The molecule has 1 heterocycles. The Hall–Kier alpha value is -2.34. The Balaban J connectivity index is 2.20. The average molecular weight is 338 g/mol. The predicted molar refractivity (Wildman–Crippen MR) is 84.9 cm³/mol. The fourth-order valence-corrected chi connectivity index (χ4v) is 2.56. The molecule has 0 aliphatic carbocycles. The number of pyridine rings is 1. The van der Waals surface area contributed by atoms with Gasteiger partial charge in [-0.05, 0) is 30.7 Å². The van der Waals surface area contributed by atoms with Crippen molar-refractivity contribution in [3.05, 3.63) is 35.5 Å². The van der Waals surface area contributed by atoms with Crippen molar-refractivity contribution in [1.29, 1.82) is 0 Å². The van der Waals surface area contributed by atoms with E-state index in [1.165, 1.54) is 6.92 Å². The van der Waals surface area contributed by atoms with Crippen molar-refractivity contribution in [1.82, 2.24) is 4.98 Å². The van der Waals surface area contributed by atoms with Crippen LogP contribution in [0.1, 0.15) is 19.8 Å². The monoisotopic (exact) mass is 337 g/mol. The first-order valence-corrected chi connectivity index (χ1v) is 7.43. The Bertz CT molecular complexity index is 732. The number of rotatable bonds is 7. The fourth-order valence-electron chi connectivity index (χ4n) is 2.35. The minimum absolute atomic E-state index is 0.0271. The third-order valence-corrected chi connectivity index (χ3v) is 4.22. The first-order valence-electron chi connectivity index (χ1n) is 7.05. The van der Waals surface area contributed by atoms with Crippen LogP contribution >= 0.6 is 11.6 Å². The number of hydrogen-bond acceptors (Lipinski definition) is 4. The quantitative estimate of drug-likeness (QED) is 0.753. The number of hydrogen-bond donors (Lipinski definition) is 2. The molecular weight excluding hydrogens is 322 g/mol. The molecule has 0 aliphatic rings. The second-order valence-electron chi connectivity index (χ2n) is 5.09. The summed E-state index contributed by atoms with van der Waals surface area (Å²) in [6, 6.07) is 6.83. The summed E-state index contributed by atoms with van der Waals surface area (Å²) in [4.78, 5) is 26.9. The van der Waals surface area contributed by atoms with Crippen LogP contribution in [0.4, 0.5) is 0 Å². The molecule has 2 aromatic rings. The van der Waals surface area contributed by atoms with Crippen molar-refractivity contribution in [2.45, 2.75) is 19.8 Å². The van der Waals surface area contributed by atoms with E-state index in [0.29, 0.717) is 21.7 Å². The fraction of sp³-hybridized carbons (Fsp3) is 0.312. The SMILES string of the molecule is CCC(CCOc1ccc(Cl)c2cccnc12)(C(=O)O)C(=O)O. The molecule has 0 saturated carbocycles. The molecule has 2 rings (SSSR count). The number of ether oxygens (including phenoxy) is 1. The molecule has 1 aromatic heterocycles. The Morgan fingerprint density at radius 2 is 1.96 bits per heavy atom. The van der Waals surface area contributed by atoms with E-state index in [9.17, 15) is 19.8 Å². The molecule has 2 N–H and O–H groups in total. The molecule has 0 atom stereocenters. The maximum Gasteiger partial charge on any atom is 0.321 e. The van der Waals surface area contributed by atoms with Crippen molar-refractivity contribution >= 4 is 34.4 Å². The topological polar surface area (TPSA) is 96.7 Å². The number of benzene rings is 1. The molecule has 0 unspecified atom stereocenters. The zero-order valence-corrected chi connectivity index (χ0v) is 13.2. The van der Waals surface area contributed by atoms with E-state index >= 15 is 0 Å². The van der Waals surface area contributed by atoms with Crippen LogP contribution in [0.2, 0.25) is 5.02 Å². The first-order chi connectivity index (χ1) is 10.9. The van der Waals surface area contributed by atoms with Crippen molar-refractivity contribution in [3.63, 3.8) is 0 Å². The molecule has 0 radical (unpaired) electrons. The number of aliphatic carboxylic acids is 2. The van der Waals surface area contributed by atoms with Gasteiger partial charge in [0.15, 0.2) is 5.41 Å². The van der Waals surface area contributed by atoms with E-state index < -0.39 is 17.4 Å². The van der Waals surface area contributed by atoms with Gasteiger partial charge in [0, 0.05) is 18.0 Å². The highest BCUT2D eigenvalue weighted by Crippen LogP contribution is 2.31. The van der Waals surface area contributed by atoms with E-state index in [2.05, 4.69) is 4.98 Å². The molecule has 0 amide bonds. The molecule has 0 fully saturated rings. The van der Waals surface area contributed by atoms with Gasteiger partial charge in [0.05, 0.1) is 11.6 Å². The summed E-state index contributed by atoms with van der Waals surface area (Å²) in [5.74, 6) is -2.30. The van der Waals surface area contributed by atoms with Crippen LogP contribution in [0, 0.1) is 5.41 Å². The Labute approximate surface area is 137 Å². The highest BCUT2D eigenvalue weighted by molar-refractivity contribution is 6.35. The van der Waals surface area contributed by atoms with Crippen LogP contribution < -0.4 is 4.74 Å².